The molecule has 5 aromatic rings. The summed E-state index contributed by atoms with van der Waals surface area (Å²) < 4.78 is 0. The Bertz CT molecular complexity index is 1320. The van der Waals surface area contributed by atoms with Crippen molar-refractivity contribution in [1.29, 1.82) is 0 Å². The third-order valence-electron chi connectivity index (χ3n) is 6.94. The van der Waals surface area contributed by atoms with Crippen molar-refractivity contribution in [2.75, 3.05) is 31.1 Å². The van der Waals surface area contributed by atoms with E-state index in [4.69, 9.17) is 9.97 Å². The van der Waals surface area contributed by atoms with E-state index in [1.54, 1.807) is 6.20 Å². The summed E-state index contributed by atoms with van der Waals surface area (Å²) in [5.41, 5.74) is 5.56. The fourth-order valence-corrected chi connectivity index (χ4v) is 5.07. The highest BCUT2D eigenvalue weighted by Gasteiger charge is 2.27. The van der Waals surface area contributed by atoms with E-state index in [9.17, 15) is 0 Å². The number of pyridine rings is 1. The molecule has 6 rings (SSSR count). The van der Waals surface area contributed by atoms with Gasteiger partial charge in [-0.2, -0.15) is 0 Å². The molecule has 0 N–H and O–H groups in total. The van der Waals surface area contributed by atoms with Gasteiger partial charge in [0.25, 0.3) is 0 Å². The lowest BCUT2D eigenvalue weighted by molar-refractivity contribution is 0.212. The summed E-state index contributed by atoms with van der Waals surface area (Å²) in [5.74, 6) is 1.70. The van der Waals surface area contributed by atoms with Gasteiger partial charge >= 0.3 is 0 Å². The largest absolute Gasteiger partial charge is 0.354 e. The highest BCUT2D eigenvalue weighted by molar-refractivity contribution is 5.67. The Balaban J connectivity index is 1.29. The molecular formula is C32H29N5. The van der Waals surface area contributed by atoms with Crippen LogP contribution in [0, 0.1) is 0 Å². The van der Waals surface area contributed by atoms with E-state index in [-0.39, 0.29) is 6.04 Å². The van der Waals surface area contributed by atoms with Gasteiger partial charge in [-0.3, -0.25) is 9.88 Å². The van der Waals surface area contributed by atoms with E-state index < -0.39 is 0 Å². The van der Waals surface area contributed by atoms with Gasteiger partial charge < -0.3 is 4.90 Å². The van der Waals surface area contributed by atoms with Crippen molar-refractivity contribution >= 4 is 5.82 Å². The first-order chi connectivity index (χ1) is 18.3. The normalized spacial score (nSPS) is 14.1. The Kier molecular flexibility index (Phi) is 6.69. The monoisotopic (exact) mass is 483 g/mol. The number of rotatable bonds is 6. The van der Waals surface area contributed by atoms with Crippen molar-refractivity contribution in [3.8, 4) is 22.6 Å². The Morgan fingerprint density at radius 2 is 1.19 bits per heavy atom. The van der Waals surface area contributed by atoms with Gasteiger partial charge in [0, 0.05) is 55.8 Å². The van der Waals surface area contributed by atoms with Crippen LogP contribution >= 0.6 is 0 Å². The van der Waals surface area contributed by atoms with Crippen LogP contribution in [0.15, 0.2) is 122 Å². The fraction of sp³-hybridized carbons (Fsp3) is 0.156. The van der Waals surface area contributed by atoms with Crippen molar-refractivity contribution in [3.05, 3.63) is 133 Å². The predicted octanol–water partition coefficient (Wildman–Crippen LogP) is 6.12. The number of hydrogen-bond donors (Lipinski definition) is 0. The topological polar surface area (TPSA) is 45.2 Å². The SMILES string of the molecule is c1ccc(-c2nc(-c3cccnc3)cc(N3CCN(C(c4ccccc4)c4ccccc4)CC3)n2)cc1. The second kappa shape index (κ2) is 10.7. The zero-order valence-corrected chi connectivity index (χ0v) is 20.7. The summed E-state index contributed by atoms with van der Waals surface area (Å²) in [7, 11) is 0. The predicted molar refractivity (Wildman–Crippen MR) is 149 cm³/mol. The number of nitrogens with zero attached hydrogens (tertiary/aromatic N) is 5. The molecule has 5 nitrogen and oxygen atoms in total. The molecule has 1 aliphatic rings. The molecule has 0 radical (unpaired) electrons. The van der Waals surface area contributed by atoms with Crippen LogP contribution in [-0.2, 0) is 0 Å². The first-order valence-corrected chi connectivity index (χ1v) is 12.8. The maximum Gasteiger partial charge on any atom is 0.162 e. The second-order valence-electron chi connectivity index (χ2n) is 9.29. The number of piperazine rings is 1. The summed E-state index contributed by atoms with van der Waals surface area (Å²) >= 11 is 0. The molecule has 182 valence electrons. The van der Waals surface area contributed by atoms with Crippen molar-refractivity contribution in [3.63, 3.8) is 0 Å². The molecular weight excluding hydrogens is 454 g/mol. The third-order valence-corrected chi connectivity index (χ3v) is 6.94. The summed E-state index contributed by atoms with van der Waals surface area (Å²) in [6, 6.07) is 38.2. The van der Waals surface area contributed by atoms with Crippen molar-refractivity contribution in [2.24, 2.45) is 0 Å². The minimum Gasteiger partial charge on any atom is -0.354 e. The van der Waals surface area contributed by atoms with E-state index in [0.717, 1.165) is 54.6 Å². The van der Waals surface area contributed by atoms with Gasteiger partial charge in [-0.1, -0.05) is 91.0 Å². The zero-order chi connectivity index (χ0) is 24.9. The Hall–Kier alpha value is -4.35. The van der Waals surface area contributed by atoms with E-state index in [1.165, 1.54) is 11.1 Å². The highest BCUT2D eigenvalue weighted by atomic mass is 15.3. The van der Waals surface area contributed by atoms with Crippen LogP contribution < -0.4 is 4.90 Å². The van der Waals surface area contributed by atoms with Crippen LogP contribution in [0.1, 0.15) is 17.2 Å². The molecule has 5 heteroatoms. The molecule has 0 spiro atoms. The lowest BCUT2D eigenvalue weighted by atomic mass is 9.96. The minimum atomic E-state index is 0.237. The van der Waals surface area contributed by atoms with Gasteiger partial charge in [0.05, 0.1) is 11.7 Å². The van der Waals surface area contributed by atoms with Gasteiger partial charge in [0.1, 0.15) is 5.82 Å². The number of benzene rings is 3. The molecule has 1 fully saturated rings. The molecule has 0 aliphatic carbocycles. The Morgan fingerprint density at radius 3 is 1.78 bits per heavy atom. The first kappa shape index (κ1) is 23.1. The van der Waals surface area contributed by atoms with Crippen molar-refractivity contribution in [1.82, 2.24) is 19.9 Å². The van der Waals surface area contributed by atoms with Crippen LogP contribution in [0.4, 0.5) is 5.82 Å². The quantitative estimate of drug-likeness (QED) is 0.291. The minimum absolute atomic E-state index is 0.237. The fourth-order valence-electron chi connectivity index (χ4n) is 5.07. The number of anilines is 1. The molecule has 2 aromatic heterocycles. The molecule has 3 heterocycles. The summed E-state index contributed by atoms with van der Waals surface area (Å²) in [6.07, 6.45) is 3.65. The van der Waals surface area contributed by atoms with Crippen LogP contribution in [0.25, 0.3) is 22.6 Å². The van der Waals surface area contributed by atoms with Gasteiger partial charge in [-0.25, -0.2) is 9.97 Å². The summed E-state index contributed by atoms with van der Waals surface area (Å²) in [6.45, 7) is 3.69. The van der Waals surface area contributed by atoms with Crippen LogP contribution in [0.3, 0.4) is 0 Å². The summed E-state index contributed by atoms with van der Waals surface area (Å²) in [4.78, 5) is 19.2. The standard InChI is InChI=1S/C32H29N5/c1-4-11-25(12-5-1)31(26-13-6-2-7-14-26)37-21-19-36(20-22-37)30-23-29(28-17-10-18-33-24-28)34-32(35-30)27-15-8-3-9-16-27/h1-18,23-24,31H,19-22H2. The lowest BCUT2D eigenvalue weighted by Crippen LogP contribution is -2.48. The number of aromatic nitrogens is 3. The third kappa shape index (κ3) is 5.13. The molecule has 0 saturated carbocycles. The van der Waals surface area contributed by atoms with E-state index >= 15 is 0 Å². The lowest BCUT2D eigenvalue weighted by Gasteiger charge is -2.40. The van der Waals surface area contributed by atoms with Crippen molar-refractivity contribution in [2.45, 2.75) is 6.04 Å². The van der Waals surface area contributed by atoms with Gasteiger partial charge in [-0.15, -0.1) is 0 Å². The van der Waals surface area contributed by atoms with Gasteiger partial charge in [0.15, 0.2) is 5.82 Å². The average molecular weight is 484 g/mol. The molecule has 0 atom stereocenters. The smallest absolute Gasteiger partial charge is 0.162 e. The van der Waals surface area contributed by atoms with Crippen LogP contribution in [-0.4, -0.2) is 46.0 Å². The molecule has 1 aliphatic heterocycles. The van der Waals surface area contributed by atoms with Crippen LogP contribution in [0.2, 0.25) is 0 Å². The molecule has 37 heavy (non-hydrogen) atoms. The van der Waals surface area contributed by atoms with Crippen molar-refractivity contribution < 1.29 is 0 Å². The maximum absolute atomic E-state index is 5.01. The Labute approximate surface area is 218 Å². The maximum atomic E-state index is 5.01. The van der Waals surface area contributed by atoms with E-state index in [1.807, 2.05) is 30.5 Å². The van der Waals surface area contributed by atoms with E-state index in [0.29, 0.717) is 0 Å². The molecule has 0 bridgehead atoms. The zero-order valence-electron chi connectivity index (χ0n) is 20.7. The van der Waals surface area contributed by atoms with E-state index in [2.05, 4.69) is 99.7 Å². The van der Waals surface area contributed by atoms with Gasteiger partial charge in [-0.05, 0) is 23.3 Å². The highest BCUT2D eigenvalue weighted by Crippen LogP contribution is 2.31. The molecule has 0 amide bonds. The van der Waals surface area contributed by atoms with Gasteiger partial charge in [0.2, 0.25) is 0 Å². The Morgan fingerprint density at radius 1 is 0.595 bits per heavy atom. The molecule has 3 aromatic carbocycles. The summed E-state index contributed by atoms with van der Waals surface area (Å²) in [5, 5.41) is 0. The van der Waals surface area contributed by atoms with Crippen LogP contribution in [0.5, 0.6) is 0 Å². The molecule has 0 unspecified atom stereocenters. The first-order valence-electron chi connectivity index (χ1n) is 12.8. The second-order valence-corrected chi connectivity index (χ2v) is 9.29. The molecule has 1 saturated heterocycles. The average Bonchev–Trinajstić information content (AvgIpc) is 2.99. The number of hydrogen-bond acceptors (Lipinski definition) is 5.